The monoisotopic (exact) mass is 433 g/mol. The number of nitro benzene ring substituents is 1. The van der Waals surface area contributed by atoms with E-state index in [0.717, 1.165) is 34.6 Å². The molecule has 0 spiro atoms. The Balaban J connectivity index is 2.24. The van der Waals surface area contributed by atoms with Crippen LogP contribution in [0.2, 0.25) is 0 Å². The molecule has 0 saturated heterocycles. The first-order valence-corrected chi connectivity index (χ1v) is 10.2. The van der Waals surface area contributed by atoms with Crippen LogP contribution in [-0.4, -0.2) is 57.2 Å². The summed E-state index contributed by atoms with van der Waals surface area (Å²) in [7, 11) is -0.725. The SMILES string of the molecule is CC(C)n1c(/N=C/N(C)C)nc2c(ncn2S(=O)(=O)c2ccc([N+](=O)[O-])cc2)c1=O. The highest BCUT2D eigenvalue weighted by Gasteiger charge is 2.25. The van der Waals surface area contributed by atoms with Crippen LogP contribution in [0, 0.1) is 10.1 Å². The van der Waals surface area contributed by atoms with Gasteiger partial charge in [0.25, 0.3) is 21.3 Å². The molecule has 12 nitrogen and oxygen atoms in total. The molecule has 3 rings (SSSR count). The number of aromatic nitrogens is 4. The number of hydrogen-bond donors (Lipinski definition) is 0. The Morgan fingerprint density at radius 2 is 1.87 bits per heavy atom. The number of non-ortho nitro benzene ring substituents is 1. The third-order valence-corrected chi connectivity index (χ3v) is 5.73. The predicted octanol–water partition coefficient (Wildman–Crippen LogP) is 1.54. The van der Waals surface area contributed by atoms with Crippen molar-refractivity contribution in [3.63, 3.8) is 0 Å². The van der Waals surface area contributed by atoms with E-state index in [1.165, 1.54) is 10.9 Å². The van der Waals surface area contributed by atoms with Crippen LogP contribution >= 0.6 is 0 Å². The summed E-state index contributed by atoms with van der Waals surface area (Å²) in [6.07, 6.45) is 2.43. The largest absolute Gasteiger partial charge is 0.369 e. The van der Waals surface area contributed by atoms with Gasteiger partial charge in [-0.05, 0) is 26.0 Å². The summed E-state index contributed by atoms with van der Waals surface area (Å²) in [4.78, 5) is 37.0. The van der Waals surface area contributed by atoms with E-state index in [4.69, 9.17) is 0 Å². The van der Waals surface area contributed by atoms with E-state index in [1.807, 2.05) is 0 Å². The van der Waals surface area contributed by atoms with Crippen molar-refractivity contribution in [2.75, 3.05) is 14.1 Å². The van der Waals surface area contributed by atoms with E-state index in [-0.39, 0.29) is 33.7 Å². The molecule has 0 unspecified atom stereocenters. The molecule has 2 heterocycles. The molecule has 0 amide bonds. The van der Waals surface area contributed by atoms with Gasteiger partial charge in [0.2, 0.25) is 5.95 Å². The van der Waals surface area contributed by atoms with E-state index in [1.54, 1.807) is 32.8 Å². The highest BCUT2D eigenvalue weighted by Crippen LogP contribution is 2.23. The van der Waals surface area contributed by atoms with Crippen molar-refractivity contribution in [3.8, 4) is 0 Å². The first-order chi connectivity index (χ1) is 14.0. The Kier molecular flexibility index (Phi) is 5.39. The zero-order chi connectivity index (χ0) is 22.2. The van der Waals surface area contributed by atoms with Crippen molar-refractivity contribution < 1.29 is 13.3 Å². The average molecular weight is 433 g/mol. The minimum atomic E-state index is -4.20. The van der Waals surface area contributed by atoms with Crippen LogP contribution in [0.25, 0.3) is 11.2 Å². The predicted molar refractivity (Wildman–Crippen MR) is 110 cm³/mol. The lowest BCUT2D eigenvalue weighted by molar-refractivity contribution is -0.384. The summed E-state index contributed by atoms with van der Waals surface area (Å²) in [5.41, 5.74) is -1.08. The maximum Gasteiger partial charge on any atom is 0.283 e. The molecule has 0 saturated carbocycles. The number of fused-ring (bicyclic) bond motifs is 1. The highest BCUT2D eigenvalue weighted by atomic mass is 32.2. The molecule has 0 bridgehead atoms. The van der Waals surface area contributed by atoms with Crippen molar-refractivity contribution in [2.24, 2.45) is 4.99 Å². The van der Waals surface area contributed by atoms with E-state index < -0.39 is 20.5 Å². The van der Waals surface area contributed by atoms with Gasteiger partial charge in [0.1, 0.15) is 6.33 Å². The fraction of sp³-hybridized carbons (Fsp3) is 0.294. The number of rotatable bonds is 6. The average Bonchev–Trinajstić information content (AvgIpc) is 3.11. The summed E-state index contributed by atoms with van der Waals surface area (Å²) < 4.78 is 28.2. The molecule has 2 aromatic heterocycles. The van der Waals surface area contributed by atoms with E-state index in [0.29, 0.717) is 0 Å². The van der Waals surface area contributed by atoms with E-state index in [9.17, 15) is 23.3 Å². The van der Waals surface area contributed by atoms with Gasteiger partial charge in [0.05, 0.1) is 16.2 Å². The van der Waals surface area contributed by atoms with Crippen molar-refractivity contribution in [3.05, 3.63) is 51.1 Å². The molecule has 0 radical (unpaired) electrons. The molecule has 158 valence electrons. The molecular formula is C17H19N7O5S. The molecule has 13 heteroatoms. The summed E-state index contributed by atoms with van der Waals surface area (Å²) in [6.45, 7) is 3.54. The van der Waals surface area contributed by atoms with Gasteiger partial charge in [0.15, 0.2) is 11.2 Å². The fourth-order valence-corrected chi connectivity index (χ4v) is 3.92. The Labute approximate surface area is 171 Å². The fourth-order valence-electron chi connectivity index (χ4n) is 2.69. The number of imidazole rings is 1. The summed E-state index contributed by atoms with van der Waals surface area (Å²) in [5, 5.41) is 10.8. The van der Waals surface area contributed by atoms with Crippen LogP contribution < -0.4 is 5.56 Å². The lowest BCUT2D eigenvalue weighted by Gasteiger charge is -2.13. The van der Waals surface area contributed by atoms with Gasteiger partial charge in [-0.15, -0.1) is 0 Å². The summed E-state index contributed by atoms with van der Waals surface area (Å²) in [6, 6.07) is 4.09. The quantitative estimate of drug-likeness (QED) is 0.246. The van der Waals surface area contributed by atoms with Crippen LogP contribution in [0.4, 0.5) is 11.6 Å². The molecule has 0 aliphatic carbocycles. The maximum absolute atomic E-state index is 13.1. The topological polar surface area (TPSA) is 146 Å². The maximum atomic E-state index is 13.1. The number of benzene rings is 1. The van der Waals surface area contributed by atoms with Crippen LogP contribution in [0.3, 0.4) is 0 Å². The van der Waals surface area contributed by atoms with Crippen LogP contribution in [0.1, 0.15) is 19.9 Å². The molecule has 0 atom stereocenters. The summed E-state index contributed by atoms with van der Waals surface area (Å²) in [5.74, 6) is 0.0249. The lowest BCUT2D eigenvalue weighted by Crippen LogP contribution is -2.24. The number of nitro groups is 1. The van der Waals surface area contributed by atoms with Gasteiger partial charge in [0, 0.05) is 32.3 Å². The van der Waals surface area contributed by atoms with Crippen molar-refractivity contribution in [2.45, 2.75) is 24.8 Å². The van der Waals surface area contributed by atoms with Gasteiger partial charge in [-0.3, -0.25) is 19.5 Å². The minimum absolute atomic E-state index is 0.0249. The second-order valence-electron chi connectivity index (χ2n) is 6.86. The molecule has 0 N–H and O–H groups in total. The first kappa shape index (κ1) is 21.1. The summed E-state index contributed by atoms with van der Waals surface area (Å²) >= 11 is 0. The number of hydrogen-bond acceptors (Lipinski definition) is 8. The number of aliphatic imine (C=N–C) groups is 1. The van der Waals surface area contributed by atoms with Crippen LogP contribution in [0.15, 0.2) is 45.3 Å². The second kappa shape index (κ2) is 7.67. The molecule has 0 aliphatic rings. The normalized spacial score (nSPS) is 12.2. The minimum Gasteiger partial charge on any atom is -0.369 e. The first-order valence-electron chi connectivity index (χ1n) is 8.74. The molecule has 3 aromatic rings. The number of nitrogens with zero attached hydrogens (tertiary/aromatic N) is 7. The third-order valence-electron chi connectivity index (χ3n) is 4.08. The van der Waals surface area contributed by atoms with Gasteiger partial charge in [-0.2, -0.15) is 4.98 Å². The van der Waals surface area contributed by atoms with Gasteiger partial charge in [-0.25, -0.2) is 22.4 Å². The Hall–Kier alpha value is -3.61. The standard InChI is InChI=1S/C17H19N7O5S/c1-11(2)23-16(25)14-15(20-17(23)19-9-21(3)4)22(10-18-14)30(28,29)13-7-5-12(6-8-13)24(26)27/h5-11H,1-4H3/b19-9+. The molecule has 0 fully saturated rings. The van der Waals surface area contributed by atoms with Crippen molar-refractivity contribution >= 4 is 39.2 Å². The van der Waals surface area contributed by atoms with Crippen LogP contribution in [-0.2, 0) is 10.0 Å². The zero-order valence-electron chi connectivity index (χ0n) is 16.6. The Morgan fingerprint density at radius 1 is 1.23 bits per heavy atom. The van der Waals surface area contributed by atoms with E-state index in [2.05, 4.69) is 15.0 Å². The van der Waals surface area contributed by atoms with E-state index >= 15 is 0 Å². The van der Waals surface area contributed by atoms with Crippen molar-refractivity contribution in [1.82, 2.24) is 23.4 Å². The third kappa shape index (κ3) is 3.66. The smallest absolute Gasteiger partial charge is 0.283 e. The zero-order valence-corrected chi connectivity index (χ0v) is 17.4. The Morgan fingerprint density at radius 3 is 2.40 bits per heavy atom. The second-order valence-corrected chi connectivity index (χ2v) is 8.67. The lowest BCUT2D eigenvalue weighted by atomic mass is 10.3. The van der Waals surface area contributed by atoms with Gasteiger partial charge in [-0.1, -0.05) is 0 Å². The highest BCUT2D eigenvalue weighted by molar-refractivity contribution is 7.90. The molecule has 30 heavy (non-hydrogen) atoms. The van der Waals surface area contributed by atoms with Gasteiger partial charge >= 0.3 is 0 Å². The van der Waals surface area contributed by atoms with Gasteiger partial charge < -0.3 is 4.90 Å². The van der Waals surface area contributed by atoms with Crippen LogP contribution in [0.5, 0.6) is 0 Å². The van der Waals surface area contributed by atoms with Crippen molar-refractivity contribution in [1.29, 1.82) is 0 Å². The Bertz CT molecular complexity index is 1300. The molecular weight excluding hydrogens is 414 g/mol. The molecule has 0 aliphatic heterocycles. The molecule has 1 aromatic carbocycles.